The van der Waals surface area contributed by atoms with Crippen molar-refractivity contribution in [3.05, 3.63) is 0 Å². The molecule has 1 atom stereocenters. The van der Waals surface area contributed by atoms with Crippen LogP contribution in [0.3, 0.4) is 0 Å². The van der Waals surface area contributed by atoms with E-state index in [1.165, 1.54) is 0 Å². The van der Waals surface area contributed by atoms with Crippen LogP contribution in [0, 0.1) is 5.92 Å². The molecule has 0 radical (unpaired) electrons. The summed E-state index contributed by atoms with van der Waals surface area (Å²) in [6.45, 7) is 12.0. The molecule has 6 heteroatoms. The van der Waals surface area contributed by atoms with Gasteiger partial charge in [0.25, 0.3) is 0 Å². The highest BCUT2D eigenvalue weighted by molar-refractivity contribution is 5.81. The monoisotopic (exact) mass is 313 g/mol. The van der Waals surface area contributed by atoms with Crippen LogP contribution in [0.15, 0.2) is 0 Å². The van der Waals surface area contributed by atoms with Crippen molar-refractivity contribution in [3.8, 4) is 0 Å². The van der Waals surface area contributed by atoms with Gasteiger partial charge in [0, 0.05) is 26.2 Å². The molecule has 0 aliphatic carbocycles. The number of nitrogens with zero attached hydrogens (tertiary/aromatic N) is 2. The van der Waals surface area contributed by atoms with Gasteiger partial charge in [-0.3, -0.25) is 4.79 Å². The van der Waals surface area contributed by atoms with Crippen LogP contribution in [0.1, 0.15) is 47.5 Å². The van der Waals surface area contributed by atoms with Crippen molar-refractivity contribution in [3.63, 3.8) is 0 Å². The molecule has 0 aromatic heterocycles. The predicted octanol–water partition coefficient (Wildman–Crippen LogP) is 1.83. The lowest BCUT2D eigenvalue weighted by Crippen LogP contribution is -2.48. The topological polar surface area (TPSA) is 75.9 Å². The minimum Gasteiger partial charge on any atom is -0.444 e. The highest BCUT2D eigenvalue weighted by atomic mass is 16.6. The highest BCUT2D eigenvalue weighted by Gasteiger charge is 2.28. The number of rotatable bonds is 4. The van der Waals surface area contributed by atoms with Crippen molar-refractivity contribution in [1.82, 2.24) is 9.80 Å². The molecule has 1 rings (SSSR count). The van der Waals surface area contributed by atoms with Gasteiger partial charge in [-0.15, -0.1) is 0 Å². The van der Waals surface area contributed by atoms with Gasteiger partial charge in [0.1, 0.15) is 5.60 Å². The Labute approximate surface area is 134 Å². The summed E-state index contributed by atoms with van der Waals surface area (Å²) in [6, 6.07) is -0.439. The fourth-order valence-corrected chi connectivity index (χ4v) is 2.59. The maximum absolute atomic E-state index is 12.1. The lowest BCUT2D eigenvalue weighted by molar-refractivity contribution is -0.133. The largest absolute Gasteiger partial charge is 0.444 e. The first-order valence-electron chi connectivity index (χ1n) is 8.16. The molecule has 1 aliphatic rings. The second-order valence-corrected chi connectivity index (χ2v) is 7.08. The van der Waals surface area contributed by atoms with Crippen molar-refractivity contribution < 1.29 is 14.3 Å². The molecule has 1 aliphatic heterocycles. The zero-order chi connectivity index (χ0) is 16.9. The zero-order valence-electron chi connectivity index (χ0n) is 14.6. The maximum Gasteiger partial charge on any atom is 0.410 e. The van der Waals surface area contributed by atoms with E-state index in [1.54, 1.807) is 11.8 Å². The molecule has 2 N–H and O–H groups in total. The van der Waals surface area contributed by atoms with E-state index in [0.717, 1.165) is 25.9 Å². The summed E-state index contributed by atoms with van der Waals surface area (Å²) in [5, 5.41) is 0. The molecule has 2 amide bonds. The molecule has 1 fully saturated rings. The lowest BCUT2D eigenvalue weighted by Gasteiger charge is -2.35. The van der Waals surface area contributed by atoms with Crippen molar-refractivity contribution in [1.29, 1.82) is 0 Å². The molecule has 1 unspecified atom stereocenters. The molecule has 0 aromatic carbocycles. The summed E-state index contributed by atoms with van der Waals surface area (Å²) < 4.78 is 5.43. The molecule has 1 saturated heterocycles. The first kappa shape index (κ1) is 18.7. The number of likely N-dealkylation sites (tertiary alicyclic amines) is 1. The number of carbonyl (C=O) groups is 2. The van der Waals surface area contributed by atoms with E-state index in [4.69, 9.17) is 10.5 Å². The Balaban J connectivity index is 2.47. The second kappa shape index (κ2) is 7.81. The molecule has 22 heavy (non-hydrogen) atoms. The van der Waals surface area contributed by atoms with Crippen LogP contribution in [0.4, 0.5) is 4.79 Å². The highest BCUT2D eigenvalue weighted by Crippen LogP contribution is 2.20. The standard InChI is InChI=1S/C16H31N3O3/c1-6-18(15(21)22-16(3,4)5)11-13-7-9-19(10-8-13)14(20)12(2)17/h12-13H,6-11,17H2,1-5H3. The van der Waals surface area contributed by atoms with Gasteiger partial charge in [-0.25, -0.2) is 4.79 Å². The van der Waals surface area contributed by atoms with Crippen LogP contribution in [-0.4, -0.2) is 59.6 Å². The van der Waals surface area contributed by atoms with Crippen LogP contribution in [0.5, 0.6) is 0 Å². The summed E-state index contributed by atoms with van der Waals surface area (Å²) in [7, 11) is 0. The van der Waals surface area contributed by atoms with E-state index in [9.17, 15) is 9.59 Å². The van der Waals surface area contributed by atoms with E-state index in [-0.39, 0.29) is 12.0 Å². The molecule has 0 bridgehead atoms. The first-order valence-corrected chi connectivity index (χ1v) is 8.16. The van der Waals surface area contributed by atoms with Crippen LogP contribution in [0.2, 0.25) is 0 Å². The fraction of sp³-hybridized carbons (Fsp3) is 0.875. The SMILES string of the molecule is CCN(CC1CCN(C(=O)C(C)N)CC1)C(=O)OC(C)(C)C. The first-order chi connectivity index (χ1) is 10.1. The molecule has 0 saturated carbocycles. The Morgan fingerprint density at radius 1 is 1.32 bits per heavy atom. The zero-order valence-corrected chi connectivity index (χ0v) is 14.6. The van der Waals surface area contributed by atoms with Gasteiger partial charge in [-0.2, -0.15) is 0 Å². The van der Waals surface area contributed by atoms with E-state index in [2.05, 4.69) is 0 Å². The summed E-state index contributed by atoms with van der Waals surface area (Å²) in [6.07, 6.45) is 1.54. The second-order valence-electron chi connectivity index (χ2n) is 7.08. The number of nitrogens with two attached hydrogens (primary N) is 1. The maximum atomic E-state index is 12.1. The van der Waals surface area contributed by atoms with E-state index in [1.807, 2.05) is 32.6 Å². The number of amides is 2. The minimum atomic E-state index is -0.475. The fourth-order valence-electron chi connectivity index (χ4n) is 2.59. The summed E-state index contributed by atoms with van der Waals surface area (Å²) in [5.41, 5.74) is 5.17. The van der Waals surface area contributed by atoms with Crippen LogP contribution in [0.25, 0.3) is 0 Å². The molecular weight excluding hydrogens is 282 g/mol. The van der Waals surface area contributed by atoms with E-state index >= 15 is 0 Å². The summed E-state index contributed by atoms with van der Waals surface area (Å²) in [4.78, 5) is 27.6. The molecular formula is C16H31N3O3. The van der Waals surface area contributed by atoms with Crippen LogP contribution >= 0.6 is 0 Å². The average Bonchev–Trinajstić information content (AvgIpc) is 2.42. The number of ether oxygens (including phenoxy) is 1. The smallest absolute Gasteiger partial charge is 0.410 e. The molecule has 0 spiro atoms. The van der Waals surface area contributed by atoms with Crippen molar-refractivity contribution in [2.75, 3.05) is 26.2 Å². The third-order valence-electron chi connectivity index (χ3n) is 3.83. The lowest BCUT2D eigenvalue weighted by atomic mass is 9.96. The number of hydrogen-bond donors (Lipinski definition) is 1. The van der Waals surface area contributed by atoms with Crippen LogP contribution < -0.4 is 5.73 Å². The Morgan fingerprint density at radius 3 is 2.27 bits per heavy atom. The quantitative estimate of drug-likeness (QED) is 0.859. The van der Waals surface area contributed by atoms with Crippen molar-refractivity contribution in [2.24, 2.45) is 11.7 Å². The summed E-state index contributed by atoms with van der Waals surface area (Å²) in [5.74, 6) is 0.419. The van der Waals surface area contributed by atoms with Gasteiger partial charge in [0.2, 0.25) is 5.91 Å². The van der Waals surface area contributed by atoms with Crippen molar-refractivity contribution >= 4 is 12.0 Å². The van der Waals surface area contributed by atoms with Crippen LogP contribution in [-0.2, 0) is 9.53 Å². The van der Waals surface area contributed by atoms with Gasteiger partial charge in [-0.1, -0.05) is 0 Å². The van der Waals surface area contributed by atoms with Gasteiger partial charge >= 0.3 is 6.09 Å². The molecule has 0 aromatic rings. The number of carbonyl (C=O) groups excluding carboxylic acids is 2. The third kappa shape index (κ3) is 5.83. The number of hydrogen-bond acceptors (Lipinski definition) is 4. The minimum absolute atomic E-state index is 0.0120. The Morgan fingerprint density at radius 2 is 1.86 bits per heavy atom. The third-order valence-corrected chi connectivity index (χ3v) is 3.83. The van der Waals surface area contributed by atoms with Crippen molar-refractivity contribution in [2.45, 2.75) is 59.1 Å². The van der Waals surface area contributed by atoms with Gasteiger partial charge < -0.3 is 20.3 Å². The normalized spacial score (nSPS) is 18.0. The Kier molecular flexibility index (Phi) is 6.66. The van der Waals surface area contributed by atoms with Gasteiger partial charge in [-0.05, 0) is 53.4 Å². The molecule has 128 valence electrons. The predicted molar refractivity (Wildman–Crippen MR) is 86.4 cm³/mol. The van der Waals surface area contributed by atoms with E-state index < -0.39 is 11.6 Å². The van der Waals surface area contributed by atoms with Gasteiger partial charge in [0.05, 0.1) is 6.04 Å². The average molecular weight is 313 g/mol. The Hall–Kier alpha value is -1.30. The summed E-state index contributed by atoms with van der Waals surface area (Å²) >= 11 is 0. The molecule has 6 nitrogen and oxygen atoms in total. The van der Waals surface area contributed by atoms with E-state index in [0.29, 0.717) is 19.0 Å². The Bertz CT molecular complexity index is 383. The number of piperidine rings is 1. The van der Waals surface area contributed by atoms with Gasteiger partial charge in [0.15, 0.2) is 0 Å². The molecule has 1 heterocycles.